The molecule has 0 radical (unpaired) electrons. The molecule has 1 fully saturated rings. The number of nitrogens with one attached hydrogen (secondary N) is 1. The molecule has 1 aliphatic rings. The van der Waals surface area contributed by atoms with Crippen molar-refractivity contribution in [3.8, 4) is 0 Å². The minimum absolute atomic E-state index is 0.251. The van der Waals surface area contributed by atoms with E-state index >= 15 is 0 Å². The Kier molecular flexibility index (Phi) is 5.31. The SMILES string of the molecule is CC(CC(O)c1ccco1)NC1CCN(c2ccccn2)CC1. The van der Waals surface area contributed by atoms with Crippen molar-refractivity contribution in [2.75, 3.05) is 18.0 Å². The molecule has 2 aromatic heterocycles. The third-order valence-corrected chi connectivity index (χ3v) is 4.44. The number of aromatic nitrogens is 1. The van der Waals surface area contributed by atoms with E-state index in [0.29, 0.717) is 18.2 Å². The van der Waals surface area contributed by atoms with Crippen LogP contribution in [-0.2, 0) is 0 Å². The van der Waals surface area contributed by atoms with Crippen molar-refractivity contribution < 1.29 is 9.52 Å². The summed E-state index contributed by atoms with van der Waals surface area (Å²) in [7, 11) is 0. The Labute approximate surface area is 137 Å². The van der Waals surface area contributed by atoms with E-state index in [1.54, 1.807) is 6.26 Å². The average molecular weight is 315 g/mol. The Hall–Kier alpha value is -1.85. The first-order valence-electron chi connectivity index (χ1n) is 8.36. The molecule has 2 N–H and O–H groups in total. The fourth-order valence-corrected chi connectivity index (χ4v) is 3.22. The van der Waals surface area contributed by atoms with Crippen LogP contribution in [0.15, 0.2) is 47.2 Å². The summed E-state index contributed by atoms with van der Waals surface area (Å²) < 4.78 is 5.26. The molecule has 0 spiro atoms. The molecule has 0 saturated carbocycles. The van der Waals surface area contributed by atoms with E-state index in [4.69, 9.17) is 4.42 Å². The van der Waals surface area contributed by atoms with Crippen LogP contribution in [-0.4, -0.2) is 35.3 Å². The standard InChI is InChI=1S/C18H25N3O2/c1-14(13-16(22)17-5-4-12-23-17)20-15-7-10-21(11-8-15)18-6-2-3-9-19-18/h2-6,9,12,14-16,20,22H,7-8,10-11,13H2,1H3. The molecule has 5 heteroatoms. The van der Waals surface area contributed by atoms with E-state index in [0.717, 1.165) is 31.7 Å². The molecule has 2 aromatic rings. The topological polar surface area (TPSA) is 61.5 Å². The first kappa shape index (κ1) is 16.0. The lowest BCUT2D eigenvalue weighted by Crippen LogP contribution is -2.46. The Balaban J connectivity index is 1.43. The highest BCUT2D eigenvalue weighted by molar-refractivity contribution is 5.38. The fraction of sp³-hybridized carbons (Fsp3) is 0.500. The molecular weight excluding hydrogens is 290 g/mol. The maximum absolute atomic E-state index is 10.1. The van der Waals surface area contributed by atoms with Gasteiger partial charge < -0.3 is 19.7 Å². The molecule has 1 aliphatic heterocycles. The van der Waals surface area contributed by atoms with Gasteiger partial charge in [0, 0.05) is 31.4 Å². The van der Waals surface area contributed by atoms with Crippen LogP contribution in [0.1, 0.15) is 38.1 Å². The molecule has 3 rings (SSSR count). The van der Waals surface area contributed by atoms with Crippen molar-refractivity contribution >= 4 is 5.82 Å². The predicted molar refractivity (Wildman–Crippen MR) is 90.4 cm³/mol. The third kappa shape index (κ3) is 4.33. The molecule has 2 atom stereocenters. The molecule has 124 valence electrons. The summed E-state index contributed by atoms with van der Waals surface area (Å²) >= 11 is 0. The Morgan fingerprint density at radius 2 is 2.13 bits per heavy atom. The number of hydrogen-bond donors (Lipinski definition) is 2. The quantitative estimate of drug-likeness (QED) is 0.858. The van der Waals surface area contributed by atoms with E-state index < -0.39 is 6.10 Å². The van der Waals surface area contributed by atoms with E-state index in [1.807, 2.05) is 30.5 Å². The zero-order valence-corrected chi connectivity index (χ0v) is 13.6. The monoisotopic (exact) mass is 315 g/mol. The van der Waals surface area contributed by atoms with Crippen LogP contribution in [0, 0.1) is 0 Å². The summed E-state index contributed by atoms with van der Waals surface area (Å²) in [6.07, 6.45) is 5.76. The number of furan rings is 1. The molecular formula is C18H25N3O2. The first-order chi connectivity index (χ1) is 11.2. The van der Waals surface area contributed by atoms with Gasteiger partial charge in [0.1, 0.15) is 17.7 Å². The van der Waals surface area contributed by atoms with Gasteiger partial charge in [0.15, 0.2) is 0 Å². The molecule has 0 aliphatic carbocycles. The highest BCUT2D eigenvalue weighted by Gasteiger charge is 2.22. The van der Waals surface area contributed by atoms with Gasteiger partial charge in [0.2, 0.25) is 0 Å². The van der Waals surface area contributed by atoms with Crippen LogP contribution in [0.4, 0.5) is 5.82 Å². The number of rotatable bonds is 6. The number of nitrogens with zero attached hydrogens (tertiary/aromatic N) is 2. The number of hydrogen-bond acceptors (Lipinski definition) is 5. The summed E-state index contributed by atoms with van der Waals surface area (Å²) in [5, 5.41) is 13.8. The largest absolute Gasteiger partial charge is 0.467 e. The number of aliphatic hydroxyl groups excluding tert-OH is 1. The summed E-state index contributed by atoms with van der Waals surface area (Å²) in [5.41, 5.74) is 0. The van der Waals surface area contributed by atoms with E-state index in [-0.39, 0.29) is 6.04 Å². The van der Waals surface area contributed by atoms with Crippen LogP contribution in [0.3, 0.4) is 0 Å². The van der Waals surface area contributed by atoms with Crippen molar-refractivity contribution in [1.29, 1.82) is 0 Å². The zero-order valence-electron chi connectivity index (χ0n) is 13.6. The highest BCUT2D eigenvalue weighted by atomic mass is 16.4. The maximum Gasteiger partial charge on any atom is 0.132 e. The van der Waals surface area contributed by atoms with Gasteiger partial charge in [-0.25, -0.2) is 4.98 Å². The van der Waals surface area contributed by atoms with Gasteiger partial charge in [0.05, 0.1) is 6.26 Å². The summed E-state index contributed by atoms with van der Waals surface area (Å²) in [5.74, 6) is 1.70. The van der Waals surface area contributed by atoms with E-state index in [1.165, 1.54) is 0 Å². The van der Waals surface area contributed by atoms with Crippen LogP contribution in [0.2, 0.25) is 0 Å². The lowest BCUT2D eigenvalue weighted by atomic mass is 10.0. The van der Waals surface area contributed by atoms with E-state index in [9.17, 15) is 5.11 Å². The van der Waals surface area contributed by atoms with Gasteiger partial charge in [0.25, 0.3) is 0 Å². The molecule has 5 nitrogen and oxygen atoms in total. The summed E-state index contributed by atoms with van der Waals surface area (Å²) in [6, 6.07) is 10.4. The van der Waals surface area contributed by atoms with Crippen molar-refractivity contribution in [3.05, 3.63) is 48.6 Å². The van der Waals surface area contributed by atoms with Crippen molar-refractivity contribution in [1.82, 2.24) is 10.3 Å². The minimum atomic E-state index is -0.541. The van der Waals surface area contributed by atoms with Gasteiger partial charge in [-0.2, -0.15) is 0 Å². The predicted octanol–water partition coefficient (Wildman–Crippen LogP) is 2.75. The lowest BCUT2D eigenvalue weighted by molar-refractivity contribution is 0.125. The van der Waals surface area contributed by atoms with Crippen LogP contribution in [0.25, 0.3) is 0 Å². The fourth-order valence-electron chi connectivity index (χ4n) is 3.22. The molecule has 0 bridgehead atoms. The second kappa shape index (κ2) is 7.62. The Morgan fingerprint density at radius 3 is 2.78 bits per heavy atom. The Morgan fingerprint density at radius 1 is 1.30 bits per heavy atom. The minimum Gasteiger partial charge on any atom is -0.467 e. The summed E-state index contributed by atoms with van der Waals surface area (Å²) in [6.45, 7) is 4.15. The lowest BCUT2D eigenvalue weighted by Gasteiger charge is -2.34. The number of pyridine rings is 1. The van der Waals surface area contributed by atoms with Crippen molar-refractivity contribution in [2.24, 2.45) is 0 Å². The average Bonchev–Trinajstić information content (AvgIpc) is 3.11. The van der Waals surface area contributed by atoms with Crippen LogP contribution < -0.4 is 10.2 Å². The number of aliphatic hydroxyl groups is 1. The third-order valence-electron chi connectivity index (χ3n) is 4.44. The Bertz CT molecular complexity index is 565. The molecule has 0 amide bonds. The summed E-state index contributed by atoms with van der Waals surface area (Å²) in [4.78, 5) is 6.75. The van der Waals surface area contributed by atoms with Gasteiger partial charge >= 0.3 is 0 Å². The number of piperidine rings is 1. The van der Waals surface area contributed by atoms with Gasteiger partial charge in [-0.15, -0.1) is 0 Å². The second-order valence-electron chi connectivity index (χ2n) is 6.28. The first-order valence-corrected chi connectivity index (χ1v) is 8.36. The normalized spacial score (nSPS) is 18.8. The smallest absolute Gasteiger partial charge is 0.132 e. The van der Waals surface area contributed by atoms with Crippen molar-refractivity contribution in [3.63, 3.8) is 0 Å². The van der Waals surface area contributed by atoms with E-state index in [2.05, 4.69) is 28.2 Å². The maximum atomic E-state index is 10.1. The van der Waals surface area contributed by atoms with Crippen LogP contribution in [0.5, 0.6) is 0 Å². The zero-order chi connectivity index (χ0) is 16.1. The molecule has 3 heterocycles. The van der Waals surface area contributed by atoms with Gasteiger partial charge in [-0.05, 0) is 50.5 Å². The molecule has 1 saturated heterocycles. The molecule has 2 unspecified atom stereocenters. The van der Waals surface area contributed by atoms with Crippen LogP contribution >= 0.6 is 0 Å². The highest BCUT2D eigenvalue weighted by Crippen LogP contribution is 2.21. The number of anilines is 1. The second-order valence-corrected chi connectivity index (χ2v) is 6.28. The molecule has 23 heavy (non-hydrogen) atoms. The van der Waals surface area contributed by atoms with Crippen molar-refractivity contribution in [2.45, 2.75) is 44.4 Å². The van der Waals surface area contributed by atoms with Gasteiger partial charge in [-0.1, -0.05) is 6.07 Å². The molecule has 0 aromatic carbocycles. The van der Waals surface area contributed by atoms with Gasteiger partial charge in [-0.3, -0.25) is 0 Å².